The Kier molecular flexibility index (Phi) is 2.94. The molecule has 0 aliphatic carbocycles. The normalized spacial score (nSPS) is 12.8. The molecule has 19 heavy (non-hydrogen) atoms. The molecule has 0 saturated carbocycles. The maximum atomic E-state index is 4.44. The van der Waals surface area contributed by atoms with Crippen LogP contribution in [-0.4, -0.2) is 19.6 Å². The Labute approximate surface area is 115 Å². The highest BCUT2D eigenvalue weighted by atomic mass is 32.1. The largest absolute Gasteiger partial charge is 0.344 e. The van der Waals surface area contributed by atoms with E-state index in [4.69, 9.17) is 0 Å². The van der Waals surface area contributed by atoms with E-state index in [0.29, 0.717) is 5.95 Å². The average molecular weight is 273 g/mol. The highest BCUT2D eigenvalue weighted by Crippen LogP contribution is 2.22. The maximum absolute atomic E-state index is 4.44. The van der Waals surface area contributed by atoms with E-state index in [1.165, 1.54) is 4.88 Å². The molecule has 0 aliphatic heterocycles. The summed E-state index contributed by atoms with van der Waals surface area (Å²) in [6.07, 6.45) is 3.85. The topological polar surface area (TPSA) is 55.1 Å². The van der Waals surface area contributed by atoms with Gasteiger partial charge in [0.25, 0.3) is 0 Å². The summed E-state index contributed by atoms with van der Waals surface area (Å²) in [4.78, 5) is 10.0. The van der Waals surface area contributed by atoms with Crippen molar-refractivity contribution < 1.29 is 0 Å². The summed E-state index contributed by atoms with van der Waals surface area (Å²) in [5, 5.41) is 8.75. The van der Waals surface area contributed by atoms with Crippen LogP contribution in [0.5, 0.6) is 0 Å². The van der Waals surface area contributed by atoms with E-state index in [1.54, 1.807) is 15.9 Å². The summed E-state index contributed by atoms with van der Waals surface area (Å²) in [7, 11) is 0. The first-order valence-electron chi connectivity index (χ1n) is 6.14. The van der Waals surface area contributed by atoms with Gasteiger partial charge in [-0.05, 0) is 32.4 Å². The maximum Gasteiger partial charge on any atom is 0.243 e. The second-order valence-corrected chi connectivity index (χ2v) is 5.89. The van der Waals surface area contributed by atoms with E-state index in [-0.39, 0.29) is 6.04 Å². The molecule has 0 amide bonds. The van der Waals surface area contributed by atoms with E-state index in [2.05, 4.69) is 34.2 Å². The van der Waals surface area contributed by atoms with Crippen molar-refractivity contribution in [1.29, 1.82) is 0 Å². The van der Waals surface area contributed by atoms with Crippen LogP contribution in [0.25, 0.3) is 5.65 Å². The number of aromatic nitrogens is 4. The Bertz CT molecular complexity index is 715. The van der Waals surface area contributed by atoms with Crippen molar-refractivity contribution >= 4 is 22.9 Å². The number of hydrogen-bond acceptors (Lipinski definition) is 5. The molecule has 1 unspecified atom stereocenters. The molecule has 0 bridgehead atoms. The lowest BCUT2D eigenvalue weighted by Crippen LogP contribution is -2.07. The summed E-state index contributed by atoms with van der Waals surface area (Å²) in [5.41, 5.74) is 2.00. The van der Waals surface area contributed by atoms with Crippen LogP contribution in [-0.2, 0) is 0 Å². The highest BCUT2D eigenvalue weighted by Gasteiger charge is 2.12. The standard InChI is InChI=1S/C13H15N5S/c1-8-4-5-11-16-13(17-18(11)7-8)15-10(3)12-14-6-9(2)19-12/h4-7,10H,1-3H3,(H,15,17). The molecule has 5 nitrogen and oxygen atoms in total. The Morgan fingerprint density at radius 2 is 2.16 bits per heavy atom. The quantitative estimate of drug-likeness (QED) is 0.797. The number of nitrogens with zero attached hydrogens (tertiary/aromatic N) is 4. The van der Waals surface area contributed by atoms with E-state index in [9.17, 15) is 0 Å². The van der Waals surface area contributed by atoms with Crippen LogP contribution < -0.4 is 5.32 Å². The number of hydrogen-bond donors (Lipinski definition) is 1. The molecule has 1 atom stereocenters. The Morgan fingerprint density at radius 1 is 1.32 bits per heavy atom. The fourth-order valence-corrected chi connectivity index (χ4v) is 2.65. The minimum Gasteiger partial charge on any atom is -0.344 e. The molecule has 0 saturated heterocycles. The average Bonchev–Trinajstić information content (AvgIpc) is 2.94. The minimum atomic E-state index is 0.109. The van der Waals surface area contributed by atoms with Crippen LogP contribution in [0.15, 0.2) is 24.5 Å². The van der Waals surface area contributed by atoms with Gasteiger partial charge in [-0.25, -0.2) is 9.50 Å². The molecule has 0 fully saturated rings. The predicted molar refractivity (Wildman–Crippen MR) is 76.6 cm³/mol. The molecule has 3 heterocycles. The summed E-state index contributed by atoms with van der Waals surface area (Å²) in [5.74, 6) is 0.631. The fourth-order valence-electron chi connectivity index (χ4n) is 1.87. The highest BCUT2D eigenvalue weighted by molar-refractivity contribution is 7.11. The molecular formula is C13H15N5S. The van der Waals surface area contributed by atoms with Gasteiger partial charge in [0.15, 0.2) is 5.65 Å². The second kappa shape index (κ2) is 4.62. The summed E-state index contributed by atoms with van der Waals surface area (Å²) in [6.45, 7) is 6.16. The molecule has 0 aliphatic rings. The first-order valence-corrected chi connectivity index (χ1v) is 6.95. The van der Waals surface area contributed by atoms with Gasteiger partial charge in [0.1, 0.15) is 5.01 Å². The fraction of sp³-hybridized carbons (Fsp3) is 0.308. The number of fused-ring (bicyclic) bond motifs is 1. The van der Waals surface area contributed by atoms with Gasteiger partial charge in [-0.3, -0.25) is 0 Å². The SMILES string of the molecule is Cc1ccc2nc(NC(C)c3ncc(C)s3)nn2c1. The van der Waals surface area contributed by atoms with Crippen molar-refractivity contribution in [2.75, 3.05) is 5.32 Å². The van der Waals surface area contributed by atoms with Crippen molar-refractivity contribution in [2.24, 2.45) is 0 Å². The predicted octanol–water partition coefficient (Wildman–Crippen LogP) is 2.98. The third kappa shape index (κ3) is 2.44. The van der Waals surface area contributed by atoms with Gasteiger partial charge >= 0.3 is 0 Å². The number of anilines is 1. The van der Waals surface area contributed by atoms with Crippen LogP contribution in [0.2, 0.25) is 0 Å². The van der Waals surface area contributed by atoms with Crippen LogP contribution in [0, 0.1) is 13.8 Å². The zero-order chi connectivity index (χ0) is 13.4. The van der Waals surface area contributed by atoms with Crippen molar-refractivity contribution in [1.82, 2.24) is 19.6 Å². The third-order valence-corrected chi connectivity index (χ3v) is 3.93. The molecule has 0 radical (unpaired) electrons. The molecule has 98 valence electrons. The molecule has 3 aromatic heterocycles. The lowest BCUT2D eigenvalue weighted by atomic mass is 10.3. The Balaban J connectivity index is 1.85. The number of nitrogens with one attached hydrogen (secondary N) is 1. The zero-order valence-electron chi connectivity index (χ0n) is 11.1. The Hall–Kier alpha value is -1.95. The number of rotatable bonds is 3. The molecule has 0 aromatic carbocycles. The van der Waals surface area contributed by atoms with Gasteiger partial charge in [0.2, 0.25) is 5.95 Å². The second-order valence-electron chi connectivity index (χ2n) is 4.62. The van der Waals surface area contributed by atoms with Crippen molar-refractivity contribution in [2.45, 2.75) is 26.8 Å². The lowest BCUT2D eigenvalue weighted by Gasteiger charge is -2.07. The molecule has 3 rings (SSSR count). The van der Waals surface area contributed by atoms with Crippen LogP contribution in [0.1, 0.15) is 28.4 Å². The van der Waals surface area contributed by atoms with Crippen molar-refractivity contribution in [3.8, 4) is 0 Å². The molecule has 3 aromatic rings. The van der Waals surface area contributed by atoms with Crippen LogP contribution in [0.3, 0.4) is 0 Å². The number of thiazole rings is 1. The number of aryl methyl sites for hydroxylation is 2. The van der Waals surface area contributed by atoms with Gasteiger partial charge in [-0.15, -0.1) is 16.4 Å². The summed E-state index contributed by atoms with van der Waals surface area (Å²) < 4.78 is 1.79. The van der Waals surface area contributed by atoms with Crippen molar-refractivity contribution in [3.63, 3.8) is 0 Å². The minimum absolute atomic E-state index is 0.109. The van der Waals surface area contributed by atoms with Gasteiger partial charge in [0, 0.05) is 17.3 Å². The van der Waals surface area contributed by atoms with Gasteiger partial charge in [0.05, 0.1) is 6.04 Å². The first-order chi connectivity index (χ1) is 9.11. The lowest BCUT2D eigenvalue weighted by molar-refractivity contribution is 0.841. The van der Waals surface area contributed by atoms with Gasteiger partial charge in [-0.1, -0.05) is 6.07 Å². The molecule has 6 heteroatoms. The third-order valence-electron chi connectivity index (χ3n) is 2.83. The molecular weight excluding hydrogens is 258 g/mol. The smallest absolute Gasteiger partial charge is 0.243 e. The first kappa shape index (κ1) is 12.1. The molecule has 0 spiro atoms. The van der Waals surface area contributed by atoms with Gasteiger partial charge < -0.3 is 5.32 Å². The van der Waals surface area contributed by atoms with E-state index >= 15 is 0 Å². The van der Waals surface area contributed by atoms with Crippen molar-refractivity contribution in [3.05, 3.63) is 40.0 Å². The number of pyridine rings is 1. The Morgan fingerprint density at radius 3 is 2.89 bits per heavy atom. The monoisotopic (exact) mass is 273 g/mol. The van der Waals surface area contributed by atoms with Crippen LogP contribution >= 0.6 is 11.3 Å². The summed E-state index contributed by atoms with van der Waals surface area (Å²) >= 11 is 1.69. The zero-order valence-corrected chi connectivity index (χ0v) is 11.9. The van der Waals surface area contributed by atoms with Gasteiger partial charge in [-0.2, -0.15) is 4.98 Å². The van der Waals surface area contributed by atoms with E-state index < -0.39 is 0 Å². The van der Waals surface area contributed by atoms with E-state index in [1.807, 2.05) is 31.5 Å². The summed E-state index contributed by atoms with van der Waals surface area (Å²) in [6, 6.07) is 4.10. The van der Waals surface area contributed by atoms with Crippen LogP contribution in [0.4, 0.5) is 5.95 Å². The van der Waals surface area contributed by atoms with E-state index in [0.717, 1.165) is 16.2 Å². The molecule has 1 N–H and O–H groups in total.